The molecule has 1 N–H and O–H groups in total. The van der Waals surface area contributed by atoms with Crippen molar-refractivity contribution in [1.29, 1.82) is 0 Å². The molecule has 1 aliphatic heterocycles. The number of hydrogen-bond donors (Lipinski definition) is 1. The van der Waals surface area contributed by atoms with E-state index < -0.39 is 6.61 Å². The Kier molecular flexibility index (Phi) is 5.50. The van der Waals surface area contributed by atoms with Gasteiger partial charge in [-0.15, -0.1) is 0 Å². The van der Waals surface area contributed by atoms with Crippen LogP contribution in [0.5, 0.6) is 5.75 Å². The van der Waals surface area contributed by atoms with Crippen LogP contribution < -0.4 is 10.1 Å². The molecule has 1 aromatic carbocycles. The molecule has 116 valence electrons. The van der Waals surface area contributed by atoms with Gasteiger partial charge in [0.25, 0.3) is 5.91 Å². The van der Waals surface area contributed by atoms with Crippen molar-refractivity contribution in [1.82, 2.24) is 10.2 Å². The molecule has 2 rings (SSSR count). The minimum atomic E-state index is -2.85. The van der Waals surface area contributed by atoms with E-state index in [4.69, 9.17) is 0 Å². The van der Waals surface area contributed by atoms with Crippen molar-refractivity contribution in [3.8, 4) is 5.75 Å². The Bertz CT molecular complexity index is 457. The fraction of sp³-hybridized carbons (Fsp3) is 0.533. The van der Waals surface area contributed by atoms with Gasteiger partial charge in [0.1, 0.15) is 5.75 Å². The number of likely N-dealkylation sites (tertiary alicyclic amines) is 1. The Hall–Kier alpha value is -1.69. The number of rotatable bonds is 5. The average molecular weight is 298 g/mol. The highest BCUT2D eigenvalue weighted by Gasteiger charge is 2.23. The number of benzene rings is 1. The molecule has 1 heterocycles. The maximum atomic E-state index is 12.3. The molecule has 4 nitrogen and oxygen atoms in total. The van der Waals surface area contributed by atoms with Crippen LogP contribution in [-0.4, -0.2) is 43.1 Å². The van der Waals surface area contributed by atoms with Crippen LogP contribution in [0.25, 0.3) is 0 Å². The lowest BCUT2D eigenvalue weighted by Crippen LogP contribution is -2.44. The van der Waals surface area contributed by atoms with Crippen LogP contribution in [0.4, 0.5) is 8.78 Å². The third kappa shape index (κ3) is 4.39. The van der Waals surface area contributed by atoms with Gasteiger partial charge in [-0.1, -0.05) is 6.92 Å². The van der Waals surface area contributed by atoms with E-state index in [0.717, 1.165) is 19.4 Å². The van der Waals surface area contributed by atoms with E-state index in [1.807, 2.05) is 0 Å². The number of amides is 1. The van der Waals surface area contributed by atoms with Crippen LogP contribution in [0.15, 0.2) is 24.3 Å². The van der Waals surface area contributed by atoms with E-state index in [-0.39, 0.29) is 11.7 Å². The zero-order chi connectivity index (χ0) is 15.2. The standard InChI is InChI=1S/C15H20F2N2O2/c1-2-18-12-7-9-19(10-8-12)14(20)11-3-5-13(6-4-11)21-15(16)17/h3-6,12,15,18H,2,7-10H2,1H3. The lowest BCUT2D eigenvalue weighted by molar-refractivity contribution is -0.0498. The summed E-state index contributed by atoms with van der Waals surface area (Å²) in [5.74, 6) is 0.000879. The van der Waals surface area contributed by atoms with Crippen molar-refractivity contribution in [2.75, 3.05) is 19.6 Å². The van der Waals surface area contributed by atoms with Gasteiger partial charge < -0.3 is 15.0 Å². The van der Waals surface area contributed by atoms with E-state index in [1.54, 1.807) is 4.90 Å². The van der Waals surface area contributed by atoms with E-state index >= 15 is 0 Å². The van der Waals surface area contributed by atoms with Gasteiger partial charge in [0.15, 0.2) is 0 Å². The second-order valence-electron chi connectivity index (χ2n) is 5.03. The maximum absolute atomic E-state index is 12.3. The van der Waals surface area contributed by atoms with Crippen LogP contribution in [0.1, 0.15) is 30.1 Å². The molecular formula is C15H20F2N2O2. The van der Waals surface area contributed by atoms with E-state index in [2.05, 4.69) is 17.0 Å². The number of piperidine rings is 1. The van der Waals surface area contributed by atoms with Crippen molar-refractivity contribution in [3.63, 3.8) is 0 Å². The third-order valence-electron chi connectivity index (χ3n) is 3.60. The van der Waals surface area contributed by atoms with Gasteiger partial charge >= 0.3 is 6.61 Å². The number of nitrogens with one attached hydrogen (secondary N) is 1. The van der Waals surface area contributed by atoms with Crippen LogP contribution in [-0.2, 0) is 0 Å². The van der Waals surface area contributed by atoms with E-state index in [9.17, 15) is 13.6 Å². The van der Waals surface area contributed by atoms with Crippen LogP contribution in [0.3, 0.4) is 0 Å². The summed E-state index contributed by atoms with van der Waals surface area (Å²) in [6.07, 6.45) is 1.87. The van der Waals surface area contributed by atoms with Gasteiger partial charge in [0.2, 0.25) is 0 Å². The SMILES string of the molecule is CCNC1CCN(C(=O)c2ccc(OC(F)F)cc2)CC1. The quantitative estimate of drug-likeness (QED) is 0.908. The molecule has 0 aromatic heterocycles. The number of carbonyl (C=O) groups excluding carboxylic acids is 1. The lowest BCUT2D eigenvalue weighted by Gasteiger charge is -2.32. The molecule has 0 saturated carbocycles. The molecule has 6 heteroatoms. The number of carbonyl (C=O) groups is 1. The fourth-order valence-corrected chi connectivity index (χ4v) is 2.54. The second-order valence-corrected chi connectivity index (χ2v) is 5.03. The Labute approximate surface area is 123 Å². The smallest absolute Gasteiger partial charge is 0.387 e. The first kappa shape index (κ1) is 15.7. The predicted octanol–water partition coefficient (Wildman–Crippen LogP) is 2.50. The Morgan fingerprint density at radius 1 is 1.33 bits per heavy atom. The van der Waals surface area contributed by atoms with Crippen molar-refractivity contribution in [2.24, 2.45) is 0 Å². The van der Waals surface area contributed by atoms with Crippen LogP contribution in [0, 0.1) is 0 Å². The summed E-state index contributed by atoms with van der Waals surface area (Å²) >= 11 is 0. The highest BCUT2D eigenvalue weighted by molar-refractivity contribution is 5.94. The summed E-state index contributed by atoms with van der Waals surface area (Å²) < 4.78 is 28.4. The van der Waals surface area contributed by atoms with Gasteiger partial charge in [0, 0.05) is 24.7 Å². The summed E-state index contributed by atoms with van der Waals surface area (Å²) in [5, 5.41) is 3.38. The molecule has 1 saturated heterocycles. The van der Waals surface area contributed by atoms with E-state index in [0.29, 0.717) is 24.7 Å². The highest BCUT2D eigenvalue weighted by atomic mass is 19.3. The minimum absolute atomic E-state index is 0.0615. The number of hydrogen-bond acceptors (Lipinski definition) is 3. The molecule has 0 spiro atoms. The van der Waals surface area contributed by atoms with Crippen LogP contribution >= 0.6 is 0 Å². The molecule has 0 atom stereocenters. The molecule has 0 aliphatic carbocycles. The molecule has 1 amide bonds. The molecule has 21 heavy (non-hydrogen) atoms. The topological polar surface area (TPSA) is 41.6 Å². The van der Waals surface area contributed by atoms with Gasteiger partial charge in [-0.2, -0.15) is 8.78 Å². The first-order chi connectivity index (χ1) is 10.1. The first-order valence-electron chi connectivity index (χ1n) is 7.17. The average Bonchev–Trinajstić information content (AvgIpc) is 2.48. The predicted molar refractivity (Wildman–Crippen MR) is 75.7 cm³/mol. The third-order valence-corrected chi connectivity index (χ3v) is 3.60. The molecule has 1 aromatic rings. The van der Waals surface area contributed by atoms with Crippen molar-refractivity contribution in [3.05, 3.63) is 29.8 Å². The number of alkyl halides is 2. The highest BCUT2D eigenvalue weighted by Crippen LogP contribution is 2.18. The Morgan fingerprint density at radius 2 is 1.95 bits per heavy atom. The molecular weight excluding hydrogens is 278 g/mol. The lowest BCUT2D eigenvalue weighted by atomic mass is 10.0. The largest absolute Gasteiger partial charge is 0.435 e. The van der Waals surface area contributed by atoms with Gasteiger partial charge in [-0.25, -0.2) is 0 Å². The summed E-state index contributed by atoms with van der Waals surface area (Å²) in [6, 6.07) is 6.31. The second kappa shape index (κ2) is 7.36. The molecule has 0 radical (unpaired) electrons. The van der Waals surface area contributed by atoms with Crippen molar-refractivity contribution in [2.45, 2.75) is 32.4 Å². The number of nitrogens with zero attached hydrogens (tertiary/aromatic N) is 1. The van der Waals surface area contributed by atoms with Gasteiger partial charge in [0.05, 0.1) is 0 Å². The first-order valence-corrected chi connectivity index (χ1v) is 7.17. The minimum Gasteiger partial charge on any atom is -0.435 e. The van der Waals surface area contributed by atoms with Gasteiger partial charge in [-0.05, 0) is 43.7 Å². The number of ether oxygens (including phenoxy) is 1. The van der Waals surface area contributed by atoms with Crippen molar-refractivity contribution >= 4 is 5.91 Å². The molecule has 0 unspecified atom stereocenters. The maximum Gasteiger partial charge on any atom is 0.387 e. The van der Waals surface area contributed by atoms with E-state index in [1.165, 1.54) is 24.3 Å². The zero-order valence-corrected chi connectivity index (χ0v) is 12.0. The molecule has 0 bridgehead atoms. The number of halogens is 2. The fourth-order valence-electron chi connectivity index (χ4n) is 2.54. The zero-order valence-electron chi connectivity index (χ0n) is 12.0. The Morgan fingerprint density at radius 3 is 2.48 bits per heavy atom. The monoisotopic (exact) mass is 298 g/mol. The normalized spacial score (nSPS) is 16.3. The summed E-state index contributed by atoms with van der Waals surface area (Å²) in [6.45, 7) is 1.58. The Balaban J connectivity index is 1.91. The van der Waals surface area contributed by atoms with Crippen molar-refractivity contribution < 1.29 is 18.3 Å². The van der Waals surface area contributed by atoms with Crippen LogP contribution in [0.2, 0.25) is 0 Å². The summed E-state index contributed by atoms with van der Waals surface area (Å²) in [4.78, 5) is 14.1. The summed E-state index contributed by atoms with van der Waals surface area (Å²) in [7, 11) is 0. The summed E-state index contributed by atoms with van der Waals surface area (Å²) in [5.41, 5.74) is 0.499. The molecule has 1 fully saturated rings. The van der Waals surface area contributed by atoms with Gasteiger partial charge in [-0.3, -0.25) is 4.79 Å². The molecule has 1 aliphatic rings.